The van der Waals surface area contributed by atoms with Gasteiger partial charge < -0.3 is 5.32 Å². The standard InChI is InChI=1S/C18H20N2O3S/c1-13-7-9-15(10-8-13)24(22,23)20-12-11-19-18(21)17(20)16-6-4-3-5-14(16)2/h3-10,17H,11-12H2,1-2H3,(H,19,21). The minimum absolute atomic E-state index is 0.210. The van der Waals surface area contributed by atoms with E-state index in [0.29, 0.717) is 12.1 Å². The van der Waals surface area contributed by atoms with Gasteiger partial charge in [-0.2, -0.15) is 4.31 Å². The molecule has 126 valence electrons. The van der Waals surface area contributed by atoms with Crippen molar-refractivity contribution in [3.63, 3.8) is 0 Å². The fourth-order valence-electron chi connectivity index (χ4n) is 2.94. The Balaban J connectivity index is 2.08. The number of sulfonamides is 1. The highest BCUT2D eigenvalue weighted by Crippen LogP contribution is 2.31. The molecular formula is C18H20N2O3S. The number of hydrogen-bond donors (Lipinski definition) is 1. The van der Waals surface area contributed by atoms with Crippen molar-refractivity contribution in [3.8, 4) is 0 Å². The van der Waals surface area contributed by atoms with E-state index >= 15 is 0 Å². The van der Waals surface area contributed by atoms with Crippen LogP contribution in [-0.2, 0) is 14.8 Å². The van der Waals surface area contributed by atoms with Gasteiger partial charge in [0.25, 0.3) is 0 Å². The summed E-state index contributed by atoms with van der Waals surface area (Å²) in [7, 11) is -3.75. The van der Waals surface area contributed by atoms with Crippen molar-refractivity contribution in [1.82, 2.24) is 9.62 Å². The summed E-state index contributed by atoms with van der Waals surface area (Å²) in [5.74, 6) is -0.286. The van der Waals surface area contributed by atoms with Crippen LogP contribution >= 0.6 is 0 Å². The molecular weight excluding hydrogens is 324 g/mol. The summed E-state index contributed by atoms with van der Waals surface area (Å²) in [4.78, 5) is 12.7. The molecule has 24 heavy (non-hydrogen) atoms. The molecule has 1 atom stereocenters. The van der Waals surface area contributed by atoms with Crippen molar-refractivity contribution in [1.29, 1.82) is 0 Å². The number of carbonyl (C=O) groups is 1. The fourth-order valence-corrected chi connectivity index (χ4v) is 4.51. The van der Waals surface area contributed by atoms with Gasteiger partial charge in [-0.3, -0.25) is 4.79 Å². The van der Waals surface area contributed by atoms with Gasteiger partial charge in [0.1, 0.15) is 6.04 Å². The Kier molecular flexibility index (Phi) is 4.43. The molecule has 2 aromatic rings. The molecule has 0 aromatic heterocycles. The summed E-state index contributed by atoms with van der Waals surface area (Å²) in [5, 5.41) is 2.78. The average Bonchev–Trinajstić information content (AvgIpc) is 2.56. The normalized spacial score (nSPS) is 19.1. The van der Waals surface area contributed by atoms with E-state index in [9.17, 15) is 13.2 Å². The maximum atomic E-state index is 13.1. The van der Waals surface area contributed by atoms with Gasteiger partial charge in [-0.25, -0.2) is 8.42 Å². The second-order valence-corrected chi connectivity index (χ2v) is 7.87. The lowest BCUT2D eigenvalue weighted by Crippen LogP contribution is -2.52. The molecule has 0 bridgehead atoms. The lowest BCUT2D eigenvalue weighted by atomic mass is 9.99. The van der Waals surface area contributed by atoms with Crippen molar-refractivity contribution in [3.05, 3.63) is 65.2 Å². The first-order chi connectivity index (χ1) is 11.4. The van der Waals surface area contributed by atoms with Crippen LogP contribution in [0.15, 0.2) is 53.4 Å². The van der Waals surface area contributed by atoms with Gasteiger partial charge in [0.15, 0.2) is 0 Å². The van der Waals surface area contributed by atoms with Gasteiger partial charge in [-0.15, -0.1) is 0 Å². The van der Waals surface area contributed by atoms with E-state index in [1.165, 1.54) is 4.31 Å². The Labute approximate surface area is 142 Å². The number of piperazine rings is 1. The van der Waals surface area contributed by atoms with Crippen LogP contribution in [0.25, 0.3) is 0 Å². The third-order valence-electron chi connectivity index (χ3n) is 4.28. The number of nitrogens with one attached hydrogen (secondary N) is 1. The second kappa shape index (κ2) is 6.37. The highest BCUT2D eigenvalue weighted by molar-refractivity contribution is 7.89. The smallest absolute Gasteiger partial charge is 0.244 e. The van der Waals surface area contributed by atoms with Crippen LogP contribution in [0, 0.1) is 13.8 Å². The molecule has 0 radical (unpaired) electrons. The van der Waals surface area contributed by atoms with Crippen LogP contribution in [0.3, 0.4) is 0 Å². The minimum Gasteiger partial charge on any atom is -0.353 e. The van der Waals surface area contributed by atoms with Gasteiger partial charge >= 0.3 is 0 Å². The van der Waals surface area contributed by atoms with E-state index in [1.807, 2.05) is 38.1 Å². The average molecular weight is 344 g/mol. The van der Waals surface area contributed by atoms with Crippen molar-refractivity contribution in [2.45, 2.75) is 24.8 Å². The largest absolute Gasteiger partial charge is 0.353 e. The van der Waals surface area contributed by atoms with Crippen molar-refractivity contribution >= 4 is 15.9 Å². The molecule has 0 spiro atoms. The van der Waals surface area contributed by atoms with Crippen LogP contribution in [-0.4, -0.2) is 31.7 Å². The lowest BCUT2D eigenvalue weighted by molar-refractivity contribution is -0.126. The Morgan fingerprint density at radius 2 is 1.71 bits per heavy atom. The summed E-state index contributed by atoms with van der Waals surface area (Å²) < 4.78 is 27.5. The SMILES string of the molecule is Cc1ccc(S(=O)(=O)N2CCNC(=O)C2c2ccccc2C)cc1. The number of rotatable bonds is 3. The fraction of sp³-hybridized carbons (Fsp3) is 0.278. The van der Waals surface area contributed by atoms with E-state index in [0.717, 1.165) is 11.1 Å². The second-order valence-electron chi connectivity index (χ2n) is 5.98. The van der Waals surface area contributed by atoms with Crippen molar-refractivity contribution in [2.75, 3.05) is 13.1 Å². The number of benzene rings is 2. The van der Waals surface area contributed by atoms with E-state index in [2.05, 4.69) is 5.32 Å². The third-order valence-corrected chi connectivity index (χ3v) is 6.16. The molecule has 1 N–H and O–H groups in total. The Morgan fingerprint density at radius 1 is 1.04 bits per heavy atom. The van der Waals surface area contributed by atoms with Gasteiger partial charge in [-0.05, 0) is 37.1 Å². The topological polar surface area (TPSA) is 66.5 Å². The predicted octanol–water partition coefficient (Wildman–Crippen LogP) is 2.17. The highest BCUT2D eigenvalue weighted by Gasteiger charge is 2.39. The summed E-state index contributed by atoms with van der Waals surface area (Å²) in [6, 6.07) is 13.2. The molecule has 2 aromatic carbocycles. The monoisotopic (exact) mass is 344 g/mol. The molecule has 0 aliphatic carbocycles. The Morgan fingerprint density at radius 3 is 2.38 bits per heavy atom. The molecule has 1 amide bonds. The molecule has 1 aliphatic heterocycles. The van der Waals surface area contributed by atoms with E-state index in [-0.39, 0.29) is 17.3 Å². The predicted molar refractivity (Wildman–Crippen MR) is 92.0 cm³/mol. The van der Waals surface area contributed by atoms with Gasteiger partial charge in [0.2, 0.25) is 15.9 Å². The number of hydrogen-bond acceptors (Lipinski definition) is 3. The molecule has 1 fully saturated rings. The van der Waals surface area contributed by atoms with Gasteiger partial charge in [0.05, 0.1) is 4.90 Å². The molecule has 6 heteroatoms. The lowest BCUT2D eigenvalue weighted by Gasteiger charge is -2.35. The molecule has 3 rings (SSSR count). The van der Waals surface area contributed by atoms with Crippen LogP contribution in [0.2, 0.25) is 0 Å². The molecule has 1 saturated heterocycles. The van der Waals surface area contributed by atoms with E-state index in [1.54, 1.807) is 24.3 Å². The van der Waals surface area contributed by atoms with Crippen LogP contribution in [0.5, 0.6) is 0 Å². The molecule has 1 heterocycles. The van der Waals surface area contributed by atoms with Crippen molar-refractivity contribution < 1.29 is 13.2 Å². The van der Waals surface area contributed by atoms with Crippen LogP contribution in [0.1, 0.15) is 22.7 Å². The first-order valence-electron chi connectivity index (χ1n) is 7.83. The van der Waals surface area contributed by atoms with E-state index < -0.39 is 16.1 Å². The van der Waals surface area contributed by atoms with Crippen molar-refractivity contribution in [2.24, 2.45) is 0 Å². The van der Waals surface area contributed by atoms with Gasteiger partial charge in [-0.1, -0.05) is 42.0 Å². The Bertz CT molecular complexity index is 860. The first-order valence-corrected chi connectivity index (χ1v) is 9.27. The zero-order chi connectivity index (χ0) is 17.3. The Hall–Kier alpha value is -2.18. The summed E-state index contributed by atoms with van der Waals surface area (Å²) >= 11 is 0. The third kappa shape index (κ3) is 2.95. The maximum absolute atomic E-state index is 13.1. The zero-order valence-electron chi connectivity index (χ0n) is 13.7. The number of aryl methyl sites for hydroxylation is 2. The van der Waals surface area contributed by atoms with E-state index in [4.69, 9.17) is 0 Å². The van der Waals surface area contributed by atoms with Crippen LogP contribution < -0.4 is 5.32 Å². The molecule has 0 saturated carbocycles. The maximum Gasteiger partial charge on any atom is 0.244 e. The number of amides is 1. The first kappa shape index (κ1) is 16.7. The number of carbonyl (C=O) groups excluding carboxylic acids is 1. The highest BCUT2D eigenvalue weighted by atomic mass is 32.2. The zero-order valence-corrected chi connectivity index (χ0v) is 14.5. The summed E-state index contributed by atoms with van der Waals surface area (Å²) in [6.07, 6.45) is 0. The quantitative estimate of drug-likeness (QED) is 0.928. The molecule has 1 unspecified atom stereocenters. The summed E-state index contributed by atoms with van der Waals surface area (Å²) in [6.45, 7) is 4.35. The molecule has 5 nitrogen and oxygen atoms in total. The minimum atomic E-state index is -3.75. The summed E-state index contributed by atoms with van der Waals surface area (Å²) in [5.41, 5.74) is 2.59. The number of nitrogens with zero attached hydrogens (tertiary/aromatic N) is 1. The molecule has 1 aliphatic rings. The van der Waals surface area contributed by atoms with Gasteiger partial charge in [0, 0.05) is 13.1 Å². The van der Waals surface area contributed by atoms with Crippen LogP contribution in [0.4, 0.5) is 0 Å².